The van der Waals surface area contributed by atoms with Crippen molar-refractivity contribution in [3.63, 3.8) is 0 Å². The normalized spacial score (nSPS) is 15.5. The van der Waals surface area contributed by atoms with E-state index in [9.17, 15) is 4.79 Å². The van der Waals surface area contributed by atoms with E-state index in [0.29, 0.717) is 31.1 Å². The highest BCUT2D eigenvalue weighted by atomic mass is 16.5. The summed E-state index contributed by atoms with van der Waals surface area (Å²) in [6, 6.07) is 7.13. The highest BCUT2D eigenvalue weighted by Gasteiger charge is 2.12. The summed E-state index contributed by atoms with van der Waals surface area (Å²) in [6.07, 6.45) is 3.80. The summed E-state index contributed by atoms with van der Waals surface area (Å²) in [5, 5.41) is 2.74. The van der Waals surface area contributed by atoms with Gasteiger partial charge in [0.15, 0.2) is 0 Å². The summed E-state index contributed by atoms with van der Waals surface area (Å²) in [5.41, 5.74) is 0.518. The second-order valence-corrected chi connectivity index (χ2v) is 6.11. The third-order valence-corrected chi connectivity index (χ3v) is 4.22. The minimum Gasteiger partial charge on any atom is -0.497 e. The van der Waals surface area contributed by atoms with E-state index in [4.69, 9.17) is 14.2 Å². The predicted octanol–water partition coefficient (Wildman–Crippen LogP) is 1.93. The van der Waals surface area contributed by atoms with E-state index in [2.05, 4.69) is 15.2 Å². The molecule has 1 aromatic carbocycles. The van der Waals surface area contributed by atoms with Crippen LogP contribution in [0.15, 0.2) is 29.3 Å². The van der Waals surface area contributed by atoms with Crippen LogP contribution in [0.2, 0.25) is 0 Å². The Hall–Kier alpha value is -2.12. The van der Waals surface area contributed by atoms with Gasteiger partial charge in [-0.15, -0.1) is 0 Å². The first-order valence-corrected chi connectivity index (χ1v) is 9.07. The number of hydrogen-bond acceptors (Lipinski definition) is 6. The van der Waals surface area contributed by atoms with E-state index in [1.54, 1.807) is 38.5 Å². The van der Waals surface area contributed by atoms with Gasteiger partial charge in [0.25, 0.3) is 11.9 Å². The summed E-state index contributed by atoms with van der Waals surface area (Å²) < 4.78 is 15.7. The monoisotopic (exact) mass is 363 g/mol. The van der Waals surface area contributed by atoms with Gasteiger partial charge < -0.3 is 19.1 Å². The van der Waals surface area contributed by atoms with Crippen molar-refractivity contribution in [2.75, 3.05) is 53.6 Å². The number of hydrogen-bond donors (Lipinski definition) is 1. The molecule has 1 aromatic rings. The van der Waals surface area contributed by atoms with E-state index in [0.717, 1.165) is 19.6 Å². The van der Waals surface area contributed by atoms with Gasteiger partial charge in [0.1, 0.15) is 12.4 Å². The summed E-state index contributed by atoms with van der Waals surface area (Å²) in [6.45, 7) is 4.47. The average Bonchev–Trinajstić information content (AvgIpc) is 2.69. The standard InChI is InChI=1S/C19H29N3O4/c1-24-14-15-26-19(20-10-13-22-11-4-3-5-12-22)21-18(23)16-6-8-17(25-2)9-7-16/h6-9H,3-5,10-15H2,1-2H3,(H,20,21,23). The summed E-state index contributed by atoms with van der Waals surface area (Å²) in [7, 11) is 3.19. The van der Waals surface area contributed by atoms with Gasteiger partial charge in [-0.3, -0.25) is 10.1 Å². The Bertz CT molecular complexity index is 569. The maximum absolute atomic E-state index is 12.4. The number of amidine groups is 1. The molecule has 0 atom stereocenters. The number of nitrogens with one attached hydrogen (secondary N) is 1. The summed E-state index contributed by atoms with van der Waals surface area (Å²) >= 11 is 0. The second kappa shape index (κ2) is 11.5. The lowest BCUT2D eigenvalue weighted by Gasteiger charge is -2.25. The quantitative estimate of drug-likeness (QED) is 0.434. The van der Waals surface area contributed by atoms with Crippen molar-refractivity contribution in [3.05, 3.63) is 29.8 Å². The fraction of sp³-hybridized carbons (Fsp3) is 0.579. The molecule has 144 valence electrons. The Balaban J connectivity index is 1.90. The number of likely N-dealkylation sites (tertiary alicyclic amines) is 1. The number of nitrogens with zero attached hydrogens (tertiary/aromatic N) is 2. The van der Waals surface area contributed by atoms with Crippen LogP contribution < -0.4 is 10.1 Å². The van der Waals surface area contributed by atoms with Crippen LogP contribution in [0, 0.1) is 0 Å². The van der Waals surface area contributed by atoms with Crippen molar-refractivity contribution in [3.8, 4) is 5.75 Å². The van der Waals surface area contributed by atoms with E-state index >= 15 is 0 Å². The minimum absolute atomic E-state index is 0.236. The fourth-order valence-corrected chi connectivity index (χ4v) is 2.73. The van der Waals surface area contributed by atoms with Crippen LogP contribution in [0.1, 0.15) is 29.6 Å². The van der Waals surface area contributed by atoms with Crippen LogP contribution in [0.3, 0.4) is 0 Å². The molecule has 1 heterocycles. The predicted molar refractivity (Wildman–Crippen MR) is 101 cm³/mol. The molecular weight excluding hydrogens is 334 g/mol. The topological polar surface area (TPSA) is 72.4 Å². The summed E-state index contributed by atoms with van der Waals surface area (Å²) in [4.78, 5) is 19.2. The highest BCUT2D eigenvalue weighted by molar-refractivity contribution is 6.04. The number of methoxy groups -OCH3 is 2. The Kier molecular flexibility index (Phi) is 8.92. The van der Waals surface area contributed by atoms with Crippen LogP contribution in [0.5, 0.6) is 5.75 Å². The van der Waals surface area contributed by atoms with Crippen LogP contribution in [0.25, 0.3) is 0 Å². The number of ether oxygens (including phenoxy) is 3. The van der Waals surface area contributed by atoms with Crippen LogP contribution in [-0.2, 0) is 9.47 Å². The molecule has 0 aromatic heterocycles. The SMILES string of the molecule is COCCOC(=NCCN1CCCCC1)NC(=O)c1ccc(OC)cc1. The lowest BCUT2D eigenvalue weighted by Crippen LogP contribution is -2.35. The number of carbonyl (C=O) groups excluding carboxylic acids is 1. The Morgan fingerprint density at radius 1 is 1.12 bits per heavy atom. The lowest BCUT2D eigenvalue weighted by molar-refractivity contribution is 0.0953. The van der Waals surface area contributed by atoms with E-state index in [-0.39, 0.29) is 11.9 Å². The van der Waals surface area contributed by atoms with Crippen molar-refractivity contribution in [2.45, 2.75) is 19.3 Å². The van der Waals surface area contributed by atoms with Gasteiger partial charge in [-0.05, 0) is 50.2 Å². The molecule has 0 saturated carbocycles. The lowest BCUT2D eigenvalue weighted by atomic mass is 10.1. The van der Waals surface area contributed by atoms with Crippen molar-refractivity contribution < 1.29 is 19.0 Å². The zero-order valence-corrected chi connectivity index (χ0v) is 15.7. The molecule has 1 aliphatic rings. The largest absolute Gasteiger partial charge is 0.497 e. The molecule has 7 heteroatoms. The van der Waals surface area contributed by atoms with Gasteiger partial charge in [-0.1, -0.05) is 6.42 Å². The molecule has 1 fully saturated rings. The Labute approximate surface area is 155 Å². The van der Waals surface area contributed by atoms with Crippen LogP contribution in [0.4, 0.5) is 0 Å². The van der Waals surface area contributed by atoms with Crippen LogP contribution >= 0.6 is 0 Å². The zero-order chi connectivity index (χ0) is 18.6. The zero-order valence-electron chi connectivity index (χ0n) is 15.7. The van der Waals surface area contributed by atoms with Gasteiger partial charge >= 0.3 is 0 Å². The third kappa shape index (κ3) is 7.01. The Morgan fingerprint density at radius 2 is 1.85 bits per heavy atom. The molecule has 0 radical (unpaired) electrons. The van der Waals surface area contributed by atoms with Crippen molar-refractivity contribution >= 4 is 11.9 Å². The molecule has 7 nitrogen and oxygen atoms in total. The maximum atomic E-state index is 12.4. The average molecular weight is 363 g/mol. The minimum atomic E-state index is -0.262. The number of amides is 1. The number of rotatable bonds is 8. The highest BCUT2D eigenvalue weighted by Crippen LogP contribution is 2.11. The van der Waals surface area contributed by atoms with Gasteiger partial charge in [-0.2, -0.15) is 0 Å². The molecule has 1 aliphatic heterocycles. The van der Waals surface area contributed by atoms with E-state index < -0.39 is 0 Å². The number of carbonyl (C=O) groups is 1. The number of piperidine rings is 1. The van der Waals surface area contributed by atoms with Gasteiger partial charge in [0.05, 0.1) is 20.3 Å². The first kappa shape index (κ1) is 20.2. The second-order valence-electron chi connectivity index (χ2n) is 6.11. The molecule has 0 bridgehead atoms. The fourth-order valence-electron chi connectivity index (χ4n) is 2.73. The van der Waals surface area contributed by atoms with E-state index in [1.165, 1.54) is 19.3 Å². The molecule has 26 heavy (non-hydrogen) atoms. The first-order valence-electron chi connectivity index (χ1n) is 9.07. The summed E-state index contributed by atoms with van der Waals surface area (Å²) in [5.74, 6) is 0.440. The molecule has 1 N–H and O–H groups in total. The van der Waals surface area contributed by atoms with Crippen LogP contribution in [-0.4, -0.2) is 70.4 Å². The first-order chi connectivity index (χ1) is 12.7. The number of aliphatic imine (C=N–C) groups is 1. The van der Waals surface area contributed by atoms with Crippen molar-refractivity contribution in [2.24, 2.45) is 4.99 Å². The smallest absolute Gasteiger partial charge is 0.291 e. The molecule has 0 aliphatic carbocycles. The van der Waals surface area contributed by atoms with Gasteiger partial charge in [0.2, 0.25) is 0 Å². The van der Waals surface area contributed by atoms with Crippen molar-refractivity contribution in [1.29, 1.82) is 0 Å². The van der Waals surface area contributed by atoms with Gasteiger partial charge in [-0.25, -0.2) is 4.99 Å². The third-order valence-electron chi connectivity index (χ3n) is 4.22. The van der Waals surface area contributed by atoms with E-state index in [1.807, 2.05) is 0 Å². The maximum Gasteiger partial charge on any atom is 0.291 e. The molecule has 0 unspecified atom stereocenters. The molecular formula is C19H29N3O4. The van der Waals surface area contributed by atoms with Gasteiger partial charge in [0, 0.05) is 19.2 Å². The molecule has 2 rings (SSSR count). The molecule has 1 saturated heterocycles. The molecule has 0 spiro atoms. The van der Waals surface area contributed by atoms with Crippen molar-refractivity contribution in [1.82, 2.24) is 10.2 Å². The Morgan fingerprint density at radius 3 is 2.50 bits per heavy atom. The number of benzene rings is 1. The molecule has 1 amide bonds.